The molecule has 3 aliphatic heterocycles. The van der Waals surface area contributed by atoms with Crippen LogP contribution in [0.2, 0.25) is 0 Å². The summed E-state index contributed by atoms with van der Waals surface area (Å²) < 4.78 is 26.1. The van der Waals surface area contributed by atoms with Gasteiger partial charge in [-0.1, -0.05) is 18.2 Å². The Morgan fingerprint density at radius 1 is 0.969 bits per heavy atom. The van der Waals surface area contributed by atoms with E-state index in [9.17, 15) is 19.2 Å². The van der Waals surface area contributed by atoms with Gasteiger partial charge in [0, 0.05) is 0 Å². The lowest BCUT2D eigenvalue weighted by molar-refractivity contribution is -0.167. The molecule has 4 rings (SSSR count). The summed E-state index contributed by atoms with van der Waals surface area (Å²) in [6, 6.07) is 8.03. The van der Waals surface area contributed by atoms with Crippen LogP contribution in [0.25, 0.3) is 0 Å². The van der Waals surface area contributed by atoms with E-state index < -0.39 is 48.2 Å². The van der Waals surface area contributed by atoms with Gasteiger partial charge in [-0.05, 0) is 23.8 Å². The van der Waals surface area contributed by atoms with Crippen LogP contribution in [0.3, 0.4) is 0 Å². The van der Waals surface area contributed by atoms with E-state index in [1.807, 2.05) is 6.07 Å². The molecule has 32 heavy (non-hydrogen) atoms. The van der Waals surface area contributed by atoms with Crippen molar-refractivity contribution in [2.24, 2.45) is 0 Å². The molecule has 10 nitrogen and oxygen atoms in total. The van der Waals surface area contributed by atoms with Crippen LogP contribution in [0.1, 0.15) is 0 Å². The van der Waals surface area contributed by atoms with E-state index in [2.05, 4.69) is 0 Å². The van der Waals surface area contributed by atoms with Crippen molar-refractivity contribution in [3.05, 3.63) is 53.1 Å². The highest BCUT2D eigenvalue weighted by atomic mass is 16.6. The first-order chi connectivity index (χ1) is 15.4. The number of hydrogen-bond acceptors (Lipinski definition) is 9. The number of nitrogens with zero attached hydrogens (tertiary/aromatic N) is 1. The van der Waals surface area contributed by atoms with Crippen molar-refractivity contribution in [1.82, 2.24) is 4.90 Å². The second kappa shape index (κ2) is 8.46. The molecule has 1 fully saturated rings. The summed E-state index contributed by atoms with van der Waals surface area (Å²) in [5, 5.41) is 0. The number of ether oxygens (including phenoxy) is 5. The van der Waals surface area contributed by atoms with E-state index >= 15 is 0 Å². The Bertz CT molecular complexity index is 1030. The lowest BCUT2D eigenvalue weighted by Gasteiger charge is -2.47. The molecule has 168 valence electrons. The van der Waals surface area contributed by atoms with Gasteiger partial charge in [-0.2, -0.15) is 0 Å². The number of rotatable bonds is 7. The molecule has 1 aromatic carbocycles. The Morgan fingerprint density at radius 3 is 2.25 bits per heavy atom. The highest BCUT2D eigenvalue weighted by Gasteiger charge is 2.58. The van der Waals surface area contributed by atoms with Crippen molar-refractivity contribution in [3.8, 4) is 5.75 Å². The first kappa shape index (κ1) is 21.6. The molecule has 0 spiro atoms. The summed E-state index contributed by atoms with van der Waals surface area (Å²) in [6.45, 7) is -0.301. The molecule has 10 heteroatoms. The van der Waals surface area contributed by atoms with Crippen molar-refractivity contribution < 1.29 is 42.9 Å². The first-order valence-electron chi connectivity index (χ1n) is 9.78. The van der Waals surface area contributed by atoms with Gasteiger partial charge in [-0.3, -0.25) is 9.59 Å². The molecule has 0 saturated carbocycles. The SMILES string of the molecule is COC(=O)CN1C(=O)[C@@H](Oc2ccccc2)[C@H]1C1=C[C@H]2O[C@@H]1C(C(=O)OC)=C2C(=O)OC. The van der Waals surface area contributed by atoms with Crippen molar-refractivity contribution in [2.45, 2.75) is 24.4 Å². The number of benzene rings is 1. The van der Waals surface area contributed by atoms with Crippen LogP contribution in [0.4, 0.5) is 0 Å². The molecule has 3 heterocycles. The molecule has 0 N–H and O–H groups in total. The van der Waals surface area contributed by atoms with E-state index in [1.165, 1.54) is 26.2 Å². The number of carbonyl (C=O) groups is 4. The van der Waals surface area contributed by atoms with E-state index in [-0.39, 0.29) is 17.7 Å². The first-order valence-corrected chi connectivity index (χ1v) is 9.78. The monoisotopic (exact) mass is 443 g/mol. The summed E-state index contributed by atoms with van der Waals surface area (Å²) in [5.41, 5.74) is 0.587. The Kier molecular flexibility index (Phi) is 5.70. The van der Waals surface area contributed by atoms with Gasteiger partial charge >= 0.3 is 17.9 Å². The van der Waals surface area contributed by atoms with Gasteiger partial charge in [0.1, 0.15) is 30.5 Å². The molecule has 1 amide bonds. The molecule has 4 atom stereocenters. The number of fused-ring (bicyclic) bond motifs is 2. The van der Waals surface area contributed by atoms with Gasteiger partial charge in [-0.15, -0.1) is 0 Å². The second-order valence-electron chi connectivity index (χ2n) is 7.25. The maximum absolute atomic E-state index is 12.8. The van der Waals surface area contributed by atoms with Crippen LogP contribution >= 0.6 is 0 Å². The average molecular weight is 443 g/mol. The summed E-state index contributed by atoms with van der Waals surface area (Å²) in [7, 11) is 3.62. The Hall–Kier alpha value is -3.66. The van der Waals surface area contributed by atoms with Gasteiger partial charge in [0.05, 0.1) is 32.5 Å². The zero-order chi connectivity index (χ0) is 23.0. The molecular formula is C22H21NO9. The second-order valence-corrected chi connectivity index (χ2v) is 7.25. The van der Waals surface area contributed by atoms with Gasteiger partial charge in [-0.25, -0.2) is 9.59 Å². The van der Waals surface area contributed by atoms with Crippen LogP contribution in [0.15, 0.2) is 53.1 Å². The lowest BCUT2D eigenvalue weighted by Crippen LogP contribution is -2.69. The number of methoxy groups -OCH3 is 3. The van der Waals surface area contributed by atoms with Gasteiger partial charge in [0.25, 0.3) is 5.91 Å². The summed E-state index contributed by atoms with van der Waals surface area (Å²) >= 11 is 0. The molecule has 1 aromatic rings. The van der Waals surface area contributed by atoms with Gasteiger partial charge < -0.3 is 28.6 Å². The van der Waals surface area contributed by atoms with Gasteiger partial charge in [0.15, 0.2) is 0 Å². The fraction of sp³-hybridized carbons (Fsp3) is 0.364. The van der Waals surface area contributed by atoms with E-state index in [1.54, 1.807) is 30.3 Å². The van der Waals surface area contributed by atoms with Crippen LogP contribution < -0.4 is 4.74 Å². The number of hydrogen-bond donors (Lipinski definition) is 0. The minimum absolute atomic E-state index is 0.0117. The summed E-state index contributed by atoms with van der Waals surface area (Å²) in [6.07, 6.45) is -1.09. The quantitative estimate of drug-likeness (QED) is 0.251. The summed E-state index contributed by atoms with van der Waals surface area (Å²) in [4.78, 5) is 50.7. The highest BCUT2D eigenvalue weighted by molar-refractivity contribution is 6.05. The molecule has 2 bridgehead atoms. The van der Waals surface area contributed by atoms with Crippen molar-refractivity contribution >= 4 is 23.8 Å². The number of β-lactam (4-membered cyclic amide) rings is 1. The fourth-order valence-corrected chi connectivity index (χ4v) is 4.14. The van der Waals surface area contributed by atoms with Crippen LogP contribution in [0.5, 0.6) is 5.75 Å². The maximum atomic E-state index is 12.8. The number of para-hydroxylation sites is 1. The normalized spacial score (nSPS) is 25.8. The predicted molar refractivity (Wildman–Crippen MR) is 106 cm³/mol. The number of carbonyl (C=O) groups excluding carboxylic acids is 4. The molecule has 0 aromatic heterocycles. The van der Waals surface area contributed by atoms with Crippen molar-refractivity contribution in [2.75, 3.05) is 27.9 Å². The van der Waals surface area contributed by atoms with Crippen LogP contribution in [-0.4, -0.2) is 80.9 Å². The molecule has 1 saturated heterocycles. The zero-order valence-electron chi connectivity index (χ0n) is 17.6. The third-order valence-corrected chi connectivity index (χ3v) is 5.60. The smallest absolute Gasteiger partial charge is 0.337 e. The molecule has 0 radical (unpaired) electrons. The predicted octanol–water partition coefficient (Wildman–Crippen LogP) is 0.168. The fourth-order valence-electron chi connectivity index (χ4n) is 4.14. The largest absolute Gasteiger partial charge is 0.478 e. The summed E-state index contributed by atoms with van der Waals surface area (Å²) in [5.74, 6) is -2.00. The third kappa shape index (κ3) is 3.42. The van der Waals surface area contributed by atoms with E-state index in [0.717, 1.165) is 0 Å². The Morgan fingerprint density at radius 2 is 1.62 bits per heavy atom. The Balaban J connectivity index is 1.67. The van der Waals surface area contributed by atoms with E-state index in [0.29, 0.717) is 11.3 Å². The Labute approximate surface area is 183 Å². The topological polar surface area (TPSA) is 118 Å². The molecular weight excluding hydrogens is 422 g/mol. The minimum atomic E-state index is -0.947. The van der Waals surface area contributed by atoms with Crippen LogP contribution in [-0.2, 0) is 38.1 Å². The molecule has 0 aliphatic carbocycles. The van der Waals surface area contributed by atoms with Crippen molar-refractivity contribution in [3.63, 3.8) is 0 Å². The third-order valence-electron chi connectivity index (χ3n) is 5.60. The highest BCUT2D eigenvalue weighted by Crippen LogP contribution is 2.45. The lowest BCUT2D eigenvalue weighted by atomic mass is 9.81. The number of esters is 3. The van der Waals surface area contributed by atoms with Gasteiger partial charge in [0.2, 0.25) is 6.10 Å². The zero-order valence-corrected chi connectivity index (χ0v) is 17.6. The minimum Gasteiger partial charge on any atom is -0.478 e. The standard InChI is InChI=1S/C22H21NO9/c1-28-14(24)10-23-17(19(20(23)25)31-11-7-5-4-6-8-11)12-9-13-15(21(26)29-2)16(18(12)32-13)22(27)30-3/h4-9,13,17-19H,10H2,1-3H3/t13-,17-,18+,19+/m1/s1. The van der Waals surface area contributed by atoms with Crippen molar-refractivity contribution in [1.29, 1.82) is 0 Å². The number of likely N-dealkylation sites (tertiary alicyclic amines) is 1. The molecule has 0 unspecified atom stereocenters. The van der Waals surface area contributed by atoms with Crippen LogP contribution in [0, 0.1) is 0 Å². The number of amides is 1. The average Bonchev–Trinajstić information content (AvgIpc) is 3.40. The molecule has 3 aliphatic rings. The van der Waals surface area contributed by atoms with E-state index in [4.69, 9.17) is 23.7 Å². The maximum Gasteiger partial charge on any atom is 0.337 e.